The van der Waals surface area contributed by atoms with E-state index in [2.05, 4.69) is 4.98 Å². The molecule has 0 aliphatic heterocycles. The standard InChI is InChI=1S/C13H16ClN3O/c1-9(15)10-3-4-12(11(14)7-10)18-8-13-16-5-6-17(13)2/h3-7,9H,8,15H2,1-2H3/t9-/m0/s1. The second-order valence-corrected chi connectivity index (χ2v) is 4.63. The van der Waals surface area contributed by atoms with Crippen LogP contribution >= 0.6 is 11.6 Å². The summed E-state index contributed by atoms with van der Waals surface area (Å²) in [6, 6.07) is 5.56. The summed E-state index contributed by atoms with van der Waals surface area (Å²) in [5.74, 6) is 1.49. The molecule has 4 nitrogen and oxygen atoms in total. The Morgan fingerprint density at radius 2 is 2.28 bits per heavy atom. The molecule has 0 bridgehead atoms. The van der Waals surface area contributed by atoms with E-state index in [4.69, 9.17) is 22.1 Å². The third kappa shape index (κ3) is 2.83. The highest BCUT2D eigenvalue weighted by molar-refractivity contribution is 6.32. The van der Waals surface area contributed by atoms with Gasteiger partial charge in [0.05, 0.1) is 5.02 Å². The average Bonchev–Trinajstić information content (AvgIpc) is 2.73. The Labute approximate surface area is 111 Å². The van der Waals surface area contributed by atoms with Gasteiger partial charge in [0.2, 0.25) is 0 Å². The van der Waals surface area contributed by atoms with Crippen LogP contribution in [-0.4, -0.2) is 9.55 Å². The highest BCUT2D eigenvalue weighted by atomic mass is 35.5. The van der Waals surface area contributed by atoms with Crippen molar-refractivity contribution in [3.63, 3.8) is 0 Å². The molecule has 0 aliphatic rings. The minimum Gasteiger partial charge on any atom is -0.484 e. The maximum atomic E-state index is 6.15. The van der Waals surface area contributed by atoms with Crippen LogP contribution in [0.4, 0.5) is 0 Å². The molecule has 2 N–H and O–H groups in total. The second kappa shape index (κ2) is 5.42. The van der Waals surface area contributed by atoms with Crippen LogP contribution in [0.25, 0.3) is 0 Å². The zero-order chi connectivity index (χ0) is 13.1. The van der Waals surface area contributed by atoms with Crippen LogP contribution in [0.1, 0.15) is 24.4 Å². The molecule has 5 heteroatoms. The molecule has 0 saturated heterocycles. The smallest absolute Gasteiger partial charge is 0.146 e. The van der Waals surface area contributed by atoms with Crippen molar-refractivity contribution in [3.05, 3.63) is 47.0 Å². The number of nitrogens with two attached hydrogens (primary N) is 1. The fraction of sp³-hybridized carbons (Fsp3) is 0.308. The van der Waals surface area contributed by atoms with Crippen LogP contribution in [0, 0.1) is 0 Å². The molecule has 2 rings (SSSR count). The molecular formula is C13H16ClN3O. The number of aromatic nitrogens is 2. The molecule has 1 aromatic heterocycles. The molecule has 18 heavy (non-hydrogen) atoms. The molecular weight excluding hydrogens is 250 g/mol. The number of hydrogen-bond acceptors (Lipinski definition) is 3. The molecule has 0 unspecified atom stereocenters. The number of halogens is 1. The van der Waals surface area contributed by atoms with Crippen molar-refractivity contribution in [2.75, 3.05) is 0 Å². The maximum Gasteiger partial charge on any atom is 0.146 e. The van der Waals surface area contributed by atoms with E-state index in [1.807, 2.05) is 42.9 Å². The van der Waals surface area contributed by atoms with E-state index in [0.717, 1.165) is 11.4 Å². The van der Waals surface area contributed by atoms with Gasteiger partial charge < -0.3 is 15.0 Å². The molecule has 0 aliphatic carbocycles. The first-order valence-corrected chi connectivity index (χ1v) is 6.09. The number of aryl methyl sites for hydroxylation is 1. The van der Waals surface area contributed by atoms with Crippen molar-refractivity contribution in [1.82, 2.24) is 9.55 Å². The first-order chi connectivity index (χ1) is 8.58. The van der Waals surface area contributed by atoms with Crippen LogP contribution in [-0.2, 0) is 13.7 Å². The van der Waals surface area contributed by atoms with Gasteiger partial charge in [0, 0.05) is 25.5 Å². The number of hydrogen-bond donors (Lipinski definition) is 1. The van der Waals surface area contributed by atoms with E-state index in [0.29, 0.717) is 17.4 Å². The number of nitrogens with zero attached hydrogens (tertiary/aromatic N) is 2. The van der Waals surface area contributed by atoms with Crippen LogP contribution in [0.5, 0.6) is 5.75 Å². The Bertz CT molecular complexity index is 537. The predicted octanol–water partition coefficient (Wildman–Crippen LogP) is 2.67. The molecule has 96 valence electrons. The number of imidazole rings is 1. The fourth-order valence-electron chi connectivity index (χ4n) is 1.60. The lowest BCUT2D eigenvalue weighted by Gasteiger charge is -2.11. The van der Waals surface area contributed by atoms with Crippen molar-refractivity contribution in [2.45, 2.75) is 19.6 Å². The van der Waals surface area contributed by atoms with Gasteiger partial charge in [-0.2, -0.15) is 0 Å². The van der Waals surface area contributed by atoms with Crippen molar-refractivity contribution in [3.8, 4) is 5.75 Å². The van der Waals surface area contributed by atoms with Crippen LogP contribution in [0.15, 0.2) is 30.6 Å². The highest BCUT2D eigenvalue weighted by Gasteiger charge is 2.07. The van der Waals surface area contributed by atoms with E-state index in [1.165, 1.54) is 0 Å². The van der Waals surface area contributed by atoms with Gasteiger partial charge >= 0.3 is 0 Å². The monoisotopic (exact) mass is 265 g/mol. The Balaban J connectivity index is 2.08. The maximum absolute atomic E-state index is 6.15. The molecule has 0 saturated carbocycles. The summed E-state index contributed by atoms with van der Waals surface area (Å²) in [6.45, 7) is 2.31. The van der Waals surface area contributed by atoms with Crippen molar-refractivity contribution >= 4 is 11.6 Å². The molecule has 2 aromatic rings. The van der Waals surface area contributed by atoms with Gasteiger partial charge in [0.1, 0.15) is 18.2 Å². The number of benzene rings is 1. The molecule has 0 fully saturated rings. The molecule has 0 amide bonds. The Morgan fingerprint density at radius 3 is 2.83 bits per heavy atom. The van der Waals surface area contributed by atoms with Crippen molar-refractivity contribution in [2.24, 2.45) is 12.8 Å². The normalized spacial score (nSPS) is 12.4. The van der Waals surface area contributed by atoms with E-state index >= 15 is 0 Å². The van der Waals surface area contributed by atoms with E-state index in [-0.39, 0.29) is 6.04 Å². The summed E-state index contributed by atoms with van der Waals surface area (Å²) >= 11 is 6.15. The Kier molecular flexibility index (Phi) is 3.89. The molecule has 0 radical (unpaired) electrons. The lowest BCUT2D eigenvalue weighted by atomic mass is 10.1. The quantitative estimate of drug-likeness (QED) is 0.925. The lowest BCUT2D eigenvalue weighted by Crippen LogP contribution is -2.06. The molecule has 1 atom stereocenters. The molecule has 1 aromatic carbocycles. The topological polar surface area (TPSA) is 53.1 Å². The molecule has 0 spiro atoms. The first kappa shape index (κ1) is 12.9. The van der Waals surface area contributed by atoms with E-state index < -0.39 is 0 Å². The molecule has 1 heterocycles. The van der Waals surface area contributed by atoms with Crippen molar-refractivity contribution in [1.29, 1.82) is 0 Å². The summed E-state index contributed by atoms with van der Waals surface area (Å²) in [4.78, 5) is 4.18. The van der Waals surface area contributed by atoms with Gasteiger partial charge in [-0.05, 0) is 24.6 Å². The second-order valence-electron chi connectivity index (χ2n) is 4.22. The van der Waals surface area contributed by atoms with Gasteiger partial charge in [-0.15, -0.1) is 0 Å². The summed E-state index contributed by atoms with van der Waals surface area (Å²) in [6.07, 6.45) is 3.61. The zero-order valence-electron chi connectivity index (χ0n) is 10.4. The fourth-order valence-corrected chi connectivity index (χ4v) is 1.84. The SMILES string of the molecule is C[C@H](N)c1ccc(OCc2nccn2C)c(Cl)c1. The van der Waals surface area contributed by atoms with Gasteiger partial charge in [0.15, 0.2) is 0 Å². The van der Waals surface area contributed by atoms with Gasteiger partial charge in [-0.1, -0.05) is 17.7 Å². The van der Waals surface area contributed by atoms with E-state index in [1.54, 1.807) is 6.20 Å². The third-order valence-electron chi connectivity index (χ3n) is 2.76. The third-order valence-corrected chi connectivity index (χ3v) is 3.05. The summed E-state index contributed by atoms with van der Waals surface area (Å²) in [5.41, 5.74) is 6.78. The number of ether oxygens (including phenoxy) is 1. The van der Waals surface area contributed by atoms with Crippen LogP contribution in [0.3, 0.4) is 0 Å². The lowest BCUT2D eigenvalue weighted by molar-refractivity contribution is 0.292. The van der Waals surface area contributed by atoms with Gasteiger partial charge in [-0.25, -0.2) is 4.98 Å². The number of rotatable bonds is 4. The van der Waals surface area contributed by atoms with Crippen LogP contribution < -0.4 is 10.5 Å². The summed E-state index contributed by atoms with van der Waals surface area (Å²) in [5, 5.41) is 0.569. The summed E-state index contributed by atoms with van der Waals surface area (Å²) in [7, 11) is 1.92. The van der Waals surface area contributed by atoms with Gasteiger partial charge in [-0.3, -0.25) is 0 Å². The largest absolute Gasteiger partial charge is 0.484 e. The van der Waals surface area contributed by atoms with E-state index in [9.17, 15) is 0 Å². The minimum absolute atomic E-state index is 0.0360. The first-order valence-electron chi connectivity index (χ1n) is 5.72. The summed E-state index contributed by atoms with van der Waals surface area (Å²) < 4.78 is 7.55. The Morgan fingerprint density at radius 1 is 1.50 bits per heavy atom. The average molecular weight is 266 g/mol. The Hall–Kier alpha value is -1.52. The highest BCUT2D eigenvalue weighted by Crippen LogP contribution is 2.27. The van der Waals surface area contributed by atoms with Crippen molar-refractivity contribution < 1.29 is 4.74 Å². The van der Waals surface area contributed by atoms with Crippen LogP contribution in [0.2, 0.25) is 5.02 Å². The predicted molar refractivity (Wildman–Crippen MR) is 71.6 cm³/mol. The van der Waals surface area contributed by atoms with Gasteiger partial charge in [0.25, 0.3) is 0 Å². The zero-order valence-corrected chi connectivity index (χ0v) is 11.2. The minimum atomic E-state index is -0.0360.